The van der Waals surface area contributed by atoms with Crippen LogP contribution >= 0.6 is 23.6 Å². The molecular formula is C29H30N8O2S3. The predicted octanol–water partition coefficient (Wildman–Crippen LogP) is 4.84. The van der Waals surface area contributed by atoms with Crippen LogP contribution in [0.2, 0.25) is 0 Å². The Morgan fingerprint density at radius 3 is 2.45 bits per heavy atom. The van der Waals surface area contributed by atoms with Crippen molar-refractivity contribution in [1.82, 2.24) is 30.0 Å². The van der Waals surface area contributed by atoms with Gasteiger partial charge in [-0.1, -0.05) is 72.4 Å². The molecule has 0 amide bonds. The van der Waals surface area contributed by atoms with Crippen LogP contribution in [0, 0.1) is 6.92 Å². The monoisotopic (exact) mass is 618 g/mol. The summed E-state index contributed by atoms with van der Waals surface area (Å²) >= 11 is 7.04. The first kappa shape index (κ1) is 28.2. The maximum atomic E-state index is 12.8. The lowest BCUT2D eigenvalue weighted by atomic mass is 10.0. The highest BCUT2D eigenvalue weighted by molar-refractivity contribution is 7.93. The predicted molar refractivity (Wildman–Crippen MR) is 171 cm³/mol. The van der Waals surface area contributed by atoms with E-state index in [-0.39, 0.29) is 10.0 Å². The molecule has 2 aromatic carbocycles. The number of thiocarbonyl (C=S) groups is 1. The van der Waals surface area contributed by atoms with Crippen LogP contribution in [0.4, 0.5) is 10.9 Å². The third-order valence-corrected chi connectivity index (χ3v) is 10.2. The molecular weight excluding hydrogens is 589 g/mol. The lowest BCUT2D eigenvalue weighted by molar-refractivity contribution is 0.386. The summed E-state index contributed by atoms with van der Waals surface area (Å²) in [6, 6.07) is 15.3. The second-order valence-corrected chi connectivity index (χ2v) is 13.4. The maximum absolute atomic E-state index is 12.8. The number of hydrogen-bond donors (Lipinski definition) is 2. The van der Waals surface area contributed by atoms with Crippen molar-refractivity contribution in [3.63, 3.8) is 0 Å². The van der Waals surface area contributed by atoms with Gasteiger partial charge in [-0.05, 0) is 36.6 Å². The topological polar surface area (TPSA) is 120 Å². The molecule has 0 saturated carbocycles. The number of aromatic nitrogens is 5. The number of H-pyrrole nitrogens is 1. The number of nitrogens with one attached hydrogen (secondary N) is 2. The van der Waals surface area contributed by atoms with Gasteiger partial charge in [0.2, 0.25) is 5.13 Å². The van der Waals surface area contributed by atoms with E-state index in [2.05, 4.69) is 70.9 Å². The standard InChI is InChI=1S/C29H30N8O2S3/c1-3-24-33-34-29(41-24)35-42(38,39)22-10-6-20(7-11-22)16-25(40)36-12-14-37(15-13-36)28-26-23(17-30-27(26)31-18-32-28)21-8-4-19(2)5-9-21/h4-11,17-18H,3,12-16H2,1-2H3,(H,34,35)(H,30,31,32). The maximum Gasteiger partial charge on any atom is 0.263 e. The van der Waals surface area contributed by atoms with Crippen molar-refractivity contribution in [3.8, 4) is 11.1 Å². The summed E-state index contributed by atoms with van der Waals surface area (Å²) in [6.45, 7) is 7.12. The third-order valence-electron chi connectivity index (χ3n) is 7.32. The van der Waals surface area contributed by atoms with Crippen molar-refractivity contribution in [2.45, 2.75) is 31.6 Å². The molecule has 1 fully saturated rings. The summed E-state index contributed by atoms with van der Waals surface area (Å²) in [4.78, 5) is 18.0. The molecule has 216 valence electrons. The lowest BCUT2D eigenvalue weighted by Gasteiger charge is -2.37. The Morgan fingerprint density at radius 1 is 1.02 bits per heavy atom. The molecule has 3 aromatic heterocycles. The summed E-state index contributed by atoms with van der Waals surface area (Å²) in [5, 5.41) is 9.94. The number of aryl methyl sites for hydroxylation is 2. The molecule has 0 aliphatic carbocycles. The van der Waals surface area contributed by atoms with Crippen LogP contribution in [0.5, 0.6) is 0 Å². The first-order valence-corrected chi connectivity index (χ1v) is 16.4. The summed E-state index contributed by atoms with van der Waals surface area (Å²) in [6.07, 6.45) is 4.88. The number of sulfonamides is 1. The van der Waals surface area contributed by atoms with Crippen LogP contribution in [0.1, 0.15) is 23.1 Å². The van der Waals surface area contributed by atoms with Crippen molar-refractivity contribution < 1.29 is 8.42 Å². The average Bonchev–Trinajstić information content (AvgIpc) is 3.65. The van der Waals surface area contributed by atoms with Gasteiger partial charge in [-0.15, -0.1) is 10.2 Å². The molecule has 1 saturated heterocycles. The molecule has 0 bridgehead atoms. The minimum atomic E-state index is -3.74. The van der Waals surface area contributed by atoms with E-state index in [0.29, 0.717) is 12.8 Å². The van der Waals surface area contributed by atoms with E-state index in [0.717, 1.165) is 69.7 Å². The molecule has 5 aromatic rings. The molecule has 1 aliphatic heterocycles. The van der Waals surface area contributed by atoms with E-state index in [9.17, 15) is 8.42 Å². The molecule has 0 atom stereocenters. The van der Waals surface area contributed by atoms with Gasteiger partial charge in [0.25, 0.3) is 10.0 Å². The number of nitrogens with zero attached hydrogens (tertiary/aromatic N) is 6. The van der Waals surface area contributed by atoms with Gasteiger partial charge in [0.15, 0.2) is 0 Å². The van der Waals surface area contributed by atoms with Gasteiger partial charge in [-0.2, -0.15) is 0 Å². The molecule has 2 N–H and O–H groups in total. The minimum Gasteiger partial charge on any atom is -0.362 e. The van der Waals surface area contributed by atoms with Crippen molar-refractivity contribution in [2.75, 3.05) is 35.8 Å². The van der Waals surface area contributed by atoms with E-state index in [4.69, 9.17) is 12.2 Å². The minimum absolute atomic E-state index is 0.171. The molecule has 4 heterocycles. The van der Waals surface area contributed by atoms with Gasteiger partial charge in [-0.25, -0.2) is 18.4 Å². The first-order valence-electron chi connectivity index (χ1n) is 13.7. The molecule has 0 radical (unpaired) electrons. The van der Waals surface area contributed by atoms with Gasteiger partial charge in [0.05, 0.1) is 15.3 Å². The summed E-state index contributed by atoms with van der Waals surface area (Å²) in [5.41, 5.74) is 5.22. The summed E-state index contributed by atoms with van der Waals surface area (Å²) in [5.74, 6) is 0.923. The number of benzene rings is 2. The molecule has 0 unspecified atom stereocenters. The number of fused-ring (bicyclic) bond motifs is 1. The molecule has 10 nitrogen and oxygen atoms in total. The van der Waals surface area contributed by atoms with Crippen LogP contribution in [-0.4, -0.2) is 69.6 Å². The van der Waals surface area contributed by atoms with Crippen LogP contribution in [0.3, 0.4) is 0 Å². The fourth-order valence-electron chi connectivity index (χ4n) is 5.00. The van der Waals surface area contributed by atoms with Crippen molar-refractivity contribution in [2.24, 2.45) is 0 Å². The van der Waals surface area contributed by atoms with Gasteiger partial charge in [0, 0.05) is 44.4 Å². The second kappa shape index (κ2) is 11.7. The van der Waals surface area contributed by atoms with E-state index < -0.39 is 10.0 Å². The first-order chi connectivity index (χ1) is 20.3. The smallest absolute Gasteiger partial charge is 0.263 e. The second-order valence-electron chi connectivity index (χ2n) is 10.1. The Morgan fingerprint density at radius 2 is 1.76 bits per heavy atom. The van der Waals surface area contributed by atoms with Crippen molar-refractivity contribution in [3.05, 3.63) is 77.2 Å². The van der Waals surface area contributed by atoms with E-state index in [1.165, 1.54) is 16.9 Å². The van der Waals surface area contributed by atoms with Gasteiger partial charge in [0.1, 0.15) is 22.8 Å². The third kappa shape index (κ3) is 5.85. The lowest BCUT2D eigenvalue weighted by Crippen LogP contribution is -2.49. The van der Waals surface area contributed by atoms with Gasteiger partial charge >= 0.3 is 0 Å². The molecule has 1 aliphatic rings. The zero-order valence-corrected chi connectivity index (χ0v) is 25.7. The molecule has 42 heavy (non-hydrogen) atoms. The van der Waals surface area contributed by atoms with E-state index in [1.807, 2.05) is 25.3 Å². The zero-order chi connectivity index (χ0) is 29.3. The largest absolute Gasteiger partial charge is 0.362 e. The normalized spacial score (nSPS) is 14.0. The van der Waals surface area contributed by atoms with E-state index in [1.54, 1.807) is 18.5 Å². The highest BCUT2D eigenvalue weighted by Gasteiger charge is 2.24. The molecule has 0 spiro atoms. The van der Waals surface area contributed by atoms with Crippen LogP contribution in [0.15, 0.2) is 66.0 Å². The number of rotatable bonds is 8. The van der Waals surface area contributed by atoms with Crippen molar-refractivity contribution >= 4 is 60.5 Å². The Bertz CT molecular complexity index is 1830. The van der Waals surface area contributed by atoms with Crippen LogP contribution < -0.4 is 9.62 Å². The fourth-order valence-corrected chi connectivity index (χ4v) is 7.26. The Balaban J connectivity index is 1.09. The quantitative estimate of drug-likeness (QED) is 0.236. The van der Waals surface area contributed by atoms with Gasteiger partial charge < -0.3 is 14.8 Å². The van der Waals surface area contributed by atoms with Crippen molar-refractivity contribution in [1.29, 1.82) is 0 Å². The SMILES string of the molecule is CCc1nnc(NS(=O)(=O)c2ccc(CC(=S)N3CCN(c4ncnc5[nH]cc(-c6ccc(C)cc6)c45)CC3)cc2)s1. The molecule has 13 heteroatoms. The highest BCUT2D eigenvalue weighted by Crippen LogP contribution is 2.34. The number of anilines is 2. The highest BCUT2D eigenvalue weighted by atomic mass is 32.2. The van der Waals surface area contributed by atoms with Crippen LogP contribution in [0.25, 0.3) is 22.2 Å². The number of aromatic amines is 1. The van der Waals surface area contributed by atoms with E-state index >= 15 is 0 Å². The molecule has 6 rings (SSSR count). The Hall–Kier alpha value is -3.94. The Kier molecular flexibility index (Phi) is 7.88. The summed E-state index contributed by atoms with van der Waals surface area (Å²) < 4.78 is 28.1. The Labute approximate surface area is 253 Å². The average molecular weight is 619 g/mol. The summed E-state index contributed by atoms with van der Waals surface area (Å²) in [7, 11) is -3.74. The zero-order valence-electron chi connectivity index (χ0n) is 23.2. The number of hydrogen-bond acceptors (Lipinski definition) is 9. The number of piperazine rings is 1. The fraction of sp³-hybridized carbons (Fsp3) is 0.276. The van der Waals surface area contributed by atoms with Gasteiger partial charge in [-0.3, -0.25) is 4.72 Å². The van der Waals surface area contributed by atoms with Crippen LogP contribution in [-0.2, 0) is 22.9 Å².